The Bertz CT molecular complexity index is 941. The van der Waals surface area contributed by atoms with Crippen LogP contribution in [0.5, 0.6) is 0 Å². The van der Waals surface area contributed by atoms with E-state index in [9.17, 15) is 15.0 Å². The molecule has 0 heterocycles. The van der Waals surface area contributed by atoms with Gasteiger partial charge in [-0.2, -0.15) is 0 Å². The highest BCUT2D eigenvalue weighted by Crippen LogP contribution is 2.15. The average Bonchev–Trinajstić information content (AvgIpc) is 3.13. The van der Waals surface area contributed by atoms with Gasteiger partial charge in [0.2, 0.25) is 5.91 Å². The van der Waals surface area contributed by atoms with Crippen molar-refractivity contribution >= 4 is 5.91 Å². The van der Waals surface area contributed by atoms with E-state index >= 15 is 0 Å². The van der Waals surface area contributed by atoms with Crippen molar-refractivity contribution in [1.82, 2.24) is 5.32 Å². The monoisotopic (exact) mass is 708 g/mol. The van der Waals surface area contributed by atoms with Crippen molar-refractivity contribution in [2.45, 2.75) is 199 Å². The van der Waals surface area contributed by atoms with Crippen LogP contribution in [-0.2, 0) is 4.79 Å². The lowest BCUT2D eigenvalue weighted by molar-refractivity contribution is -0.123. The van der Waals surface area contributed by atoms with E-state index in [1.165, 1.54) is 96.3 Å². The number of hydrogen-bond acceptors (Lipinski definition) is 3. The van der Waals surface area contributed by atoms with Gasteiger partial charge in [-0.15, -0.1) is 0 Å². The van der Waals surface area contributed by atoms with Crippen LogP contribution >= 0.6 is 0 Å². The molecule has 51 heavy (non-hydrogen) atoms. The van der Waals surface area contributed by atoms with Crippen molar-refractivity contribution < 1.29 is 15.0 Å². The largest absolute Gasteiger partial charge is 0.394 e. The Labute approximate surface area is 316 Å². The van der Waals surface area contributed by atoms with E-state index in [0.717, 1.165) is 70.6 Å². The maximum Gasteiger partial charge on any atom is 0.220 e. The lowest BCUT2D eigenvalue weighted by atomic mass is 10.0. The molecular formula is C47H81NO3. The van der Waals surface area contributed by atoms with Crippen LogP contribution in [0.25, 0.3) is 0 Å². The highest BCUT2D eigenvalue weighted by molar-refractivity contribution is 5.76. The predicted octanol–water partition coefficient (Wildman–Crippen LogP) is 13.3. The van der Waals surface area contributed by atoms with Gasteiger partial charge in [0.1, 0.15) is 0 Å². The second-order valence-corrected chi connectivity index (χ2v) is 14.0. The van der Waals surface area contributed by atoms with Crippen molar-refractivity contribution in [3.63, 3.8) is 0 Å². The summed E-state index contributed by atoms with van der Waals surface area (Å²) in [5, 5.41) is 22.8. The number of carbonyl (C=O) groups is 1. The zero-order chi connectivity index (χ0) is 37.1. The molecule has 4 nitrogen and oxygen atoms in total. The van der Waals surface area contributed by atoms with Crippen LogP contribution in [0, 0.1) is 0 Å². The Hall–Kier alpha value is -2.43. The van der Waals surface area contributed by atoms with Crippen LogP contribution in [0.2, 0.25) is 0 Å². The van der Waals surface area contributed by atoms with E-state index in [1.54, 1.807) is 6.08 Å². The molecule has 0 aliphatic carbocycles. The number of unbranched alkanes of at least 4 members (excludes halogenated alkanes) is 18. The first kappa shape index (κ1) is 48.6. The Morgan fingerprint density at radius 3 is 1.29 bits per heavy atom. The molecule has 0 fully saturated rings. The number of carbonyl (C=O) groups excluding carboxylic acids is 1. The molecule has 0 bridgehead atoms. The highest BCUT2D eigenvalue weighted by Gasteiger charge is 2.17. The quantitative estimate of drug-likeness (QED) is 0.0445. The average molecular weight is 708 g/mol. The molecule has 1 amide bonds. The van der Waals surface area contributed by atoms with Crippen molar-refractivity contribution in [1.29, 1.82) is 0 Å². The number of nitrogens with one attached hydrogen (secondary N) is 1. The molecule has 4 heteroatoms. The number of hydrogen-bond donors (Lipinski definition) is 3. The topological polar surface area (TPSA) is 69.6 Å². The van der Waals surface area contributed by atoms with E-state index in [1.807, 2.05) is 6.08 Å². The van der Waals surface area contributed by atoms with Gasteiger partial charge in [-0.25, -0.2) is 0 Å². The fourth-order valence-electron chi connectivity index (χ4n) is 5.91. The van der Waals surface area contributed by atoms with Crippen LogP contribution in [-0.4, -0.2) is 34.9 Å². The van der Waals surface area contributed by atoms with Gasteiger partial charge in [-0.1, -0.05) is 189 Å². The maximum absolute atomic E-state index is 12.3. The molecule has 3 N–H and O–H groups in total. The summed E-state index contributed by atoms with van der Waals surface area (Å²) in [6, 6.07) is -0.646. The number of amides is 1. The summed E-state index contributed by atoms with van der Waals surface area (Å²) in [7, 11) is 0. The van der Waals surface area contributed by atoms with Gasteiger partial charge in [0.05, 0.1) is 18.8 Å². The van der Waals surface area contributed by atoms with Crippen LogP contribution in [0.15, 0.2) is 85.1 Å². The highest BCUT2D eigenvalue weighted by atomic mass is 16.3. The molecule has 292 valence electrons. The molecule has 0 aromatic carbocycles. The third kappa shape index (κ3) is 38.6. The van der Waals surface area contributed by atoms with Crippen LogP contribution < -0.4 is 5.32 Å². The number of rotatable bonds is 37. The second kappa shape index (κ2) is 42.0. The standard InChI is InChI=1S/C47H81NO3/c1-3-5-7-9-11-13-15-16-17-18-19-20-21-22-23-24-25-26-27-28-29-30-31-32-33-35-37-39-41-43-47(51)48-45(44-49)46(50)42-40-38-36-34-14-12-10-8-6-4-2/h5-8,11,13-14,16-17,19-20,34,40,42,45-46,49-50H,3-4,9-10,12,15,18,21-33,35-39,41,43-44H2,1-2H3,(H,48,51)/b7-5-,8-6+,13-11-,17-16-,20-19-,34-14+,42-40+. The molecule has 0 aromatic rings. The van der Waals surface area contributed by atoms with Gasteiger partial charge in [0, 0.05) is 6.42 Å². The fraction of sp³-hybridized carbons (Fsp3) is 0.681. The normalized spacial score (nSPS) is 13.9. The molecule has 0 aliphatic rings. The third-order valence-corrected chi connectivity index (χ3v) is 9.10. The minimum atomic E-state index is -0.870. The molecule has 2 unspecified atom stereocenters. The van der Waals surface area contributed by atoms with E-state index in [0.29, 0.717) is 6.42 Å². The Morgan fingerprint density at radius 1 is 0.471 bits per heavy atom. The van der Waals surface area contributed by atoms with Gasteiger partial charge in [0.15, 0.2) is 0 Å². The minimum Gasteiger partial charge on any atom is -0.394 e. The first-order valence-corrected chi connectivity index (χ1v) is 21.3. The lowest BCUT2D eigenvalue weighted by Gasteiger charge is -2.19. The summed E-state index contributed by atoms with van der Waals surface area (Å²) in [5.74, 6) is -0.0840. The molecule has 0 radical (unpaired) electrons. The second-order valence-electron chi connectivity index (χ2n) is 14.0. The van der Waals surface area contributed by atoms with Crippen molar-refractivity contribution in [2.75, 3.05) is 6.61 Å². The van der Waals surface area contributed by atoms with E-state index < -0.39 is 12.1 Å². The Balaban J connectivity index is 3.52. The lowest BCUT2D eigenvalue weighted by Crippen LogP contribution is -2.45. The van der Waals surface area contributed by atoms with Crippen LogP contribution in [0.1, 0.15) is 187 Å². The zero-order valence-electron chi connectivity index (χ0n) is 33.3. The SMILES string of the molecule is CC/C=C\C/C=C\C/C=C\C/C=C\CCCCCCCCCCCCCCCCCCC(=O)NC(CO)C(O)/C=C/CC/C=C/CC/C=C/CC. The van der Waals surface area contributed by atoms with Gasteiger partial charge in [0.25, 0.3) is 0 Å². The smallest absolute Gasteiger partial charge is 0.220 e. The molecule has 0 spiro atoms. The molecule has 0 aromatic heterocycles. The number of allylic oxidation sites excluding steroid dienone is 13. The molecule has 2 atom stereocenters. The predicted molar refractivity (Wildman–Crippen MR) is 225 cm³/mol. The molecule has 0 saturated heterocycles. The first-order chi connectivity index (χ1) is 25.2. The van der Waals surface area contributed by atoms with Gasteiger partial charge in [-0.3, -0.25) is 4.79 Å². The van der Waals surface area contributed by atoms with Gasteiger partial charge in [-0.05, 0) is 77.0 Å². The van der Waals surface area contributed by atoms with Crippen LogP contribution in [0.4, 0.5) is 0 Å². The summed E-state index contributed by atoms with van der Waals surface area (Å²) in [4.78, 5) is 12.3. The molecule has 0 saturated carbocycles. The Morgan fingerprint density at radius 2 is 0.824 bits per heavy atom. The van der Waals surface area contributed by atoms with Gasteiger partial charge < -0.3 is 15.5 Å². The van der Waals surface area contributed by atoms with E-state index in [2.05, 4.69) is 92.1 Å². The van der Waals surface area contributed by atoms with Crippen LogP contribution in [0.3, 0.4) is 0 Å². The van der Waals surface area contributed by atoms with Crippen molar-refractivity contribution in [3.8, 4) is 0 Å². The van der Waals surface area contributed by atoms with E-state index in [-0.39, 0.29) is 12.5 Å². The summed E-state index contributed by atoms with van der Waals surface area (Å²) < 4.78 is 0. The first-order valence-electron chi connectivity index (χ1n) is 21.3. The Kier molecular flexibility index (Phi) is 40.0. The summed E-state index contributed by atoms with van der Waals surface area (Å²) in [5.41, 5.74) is 0. The zero-order valence-corrected chi connectivity index (χ0v) is 33.3. The molecular weight excluding hydrogens is 627 g/mol. The maximum atomic E-state index is 12.3. The van der Waals surface area contributed by atoms with Crippen molar-refractivity contribution in [2.24, 2.45) is 0 Å². The summed E-state index contributed by atoms with van der Waals surface area (Å²) >= 11 is 0. The number of aliphatic hydroxyl groups is 2. The third-order valence-electron chi connectivity index (χ3n) is 9.10. The molecule has 0 rings (SSSR count). The van der Waals surface area contributed by atoms with Crippen molar-refractivity contribution in [3.05, 3.63) is 85.1 Å². The molecule has 0 aliphatic heterocycles. The minimum absolute atomic E-state index is 0.0840. The van der Waals surface area contributed by atoms with E-state index in [4.69, 9.17) is 0 Å². The summed E-state index contributed by atoms with van der Waals surface area (Å²) in [6.07, 6.45) is 61.3. The number of aliphatic hydroxyl groups excluding tert-OH is 2. The summed E-state index contributed by atoms with van der Waals surface area (Å²) in [6.45, 7) is 4.05. The fourth-order valence-corrected chi connectivity index (χ4v) is 5.91. The van der Waals surface area contributed by atoms with Gasteiger partial charge >= 0.3 is 0 Å².